The summed E-state index contributed by atoms with van der Waals surface area (Å²) in [6, 6.07) is 15.9. The Labute approximate surface area is 212 Å². The van der Waals surface area contributed by atoms with Gasteiger partial charge in [0.05, 0.1) is 62.6 Å². The maximum atomic E-state index is 11.6. The van der Waals surface area contributed by atoms with E-state index in [0.29, 0.717) is 33.0 Å². The van der Waals surface area contributed by atoms with E-state index < -0.39 is 19.2 Å². The highest BCUT2D eigenvalue weighted by atomic mass is 35.7. The van der Waals surface area contributed by atoms with E-state index in [4.69, 9.17) is 34.2 Å². The molecule has 200 valence electrons. The fourth-order valence-electron chi connectivity index (χ4n) is 1.99. The van der Waals surface area contributed by atoms with Crippen LogP contribution in [0.2, 0.25) is 0 Å². The average Bonchev–Trinajstić information content (AvgIpc) is 2.85. The Kier molecular flexibility index (Phi) is 19.6. The van der Waals surface area contributed by atoms with Gasteiger partial charge in [0.25, 0.3) is 19.2 Å². The topological polar surface area (TPSA) is 135 Å². The third-order valence-electron chi connectivity index (χ3n) is 3.62. The second-order valence-electron chi connectivity index (χ2n) is 6.27. The van der Waals surface area contributed by atoms with E-state index in [1.54, 1.807) is 50.6 Å². The van der Waals surface area contributed by atoms with Crippen LogP contribution in [-0.4, -0.2) is 89.0 Å². The first kappa shape index (κ1) is 33.4. The van der Waals surface area contributed by atoms with Gasteiger partial charge in [-0.1, -0.05) is 36.4 Å². The number of benzene rings is 2. The fourth-order valence-corrected chi connectivity index (χ4v) is 3.70. The lowest BCUT2D eigenvalue weighted by atomic mass is 10.4. The summed E-state index contributed by atoms with van der Waals surface area (Å²) in [5.41, 5.74) is 0. The Balaban J connectivity index is 0.000000545. The summed E-state index contributed by atoms with van der Waals surface area (Å²) in [7, 11) is 1.02. The zero-order valence-corrected chi connectivity index (χ0v) is 22.1. The molecule has 0 amide bonds. The number of aliphatic hydroxyl groups is 1. The quantitative estimate of drug-likeness (QED) is 0.210. The Morgan fingerprint density at radius 3 is 1.49 bits per heavy atom. The van der Waals surface area contributed by atoms with Crippen LogP contribution in [0, 0.1) is 0 Å². The molecule has 0 spiro atoms. The number of methoxy groups -OCH3 is 2. The molecule has 10 nitrogen and oxygen atoms in total. The van der Waals surface area contributed by atoms with E-state index in [0.717, 1.165) is 0 Å². The van der Waals surface area contributed by atoms with Gasteiger partial charge < -0.3 is 24.1 Å². The number of hydrogen-bond donors (Lipinski definition) is 1. The van der Waals surface area contributed by atoms with Crippen LogP contribution in [0.25, 0.3) is 0 Å². The molecule has 0 aliphatic heterocycles. The van der Waals surface area contributed by atoms with Crippen molar-refractivity contribution < 1.29 is 45.1 Å². The van der Waals surface area contributed by atoms with Gasteiger partial charge in [-0.25, -0.2) is 8.42 Å². The van der Waals surface area contributed by atoms with Crippen LogP contribution >= 0.6 is 10.7 Å². The SMILES string of the molecule is COCCOCCO.COCCOCCOS(=O)(=O)c1ccccc1.O=S(=O)(Cl)c1ccccc1. The highest BCUT2D eigenvalue weighted by molar-refractivity contribution is 8.13. The van der Waals surface area contributed by atoms with E-state index in [1.807, 2.05) is 0 Å². The zero-order valence-electron chi connectivity index (χ0n) is 19.7. The summed E-state index contributed by atoms with van der Waals surface area (Å²) in [5.74, 6) is 0. The zero-order chi connectivity index (χ0) is 26.4. The van der Waals surface area contributed by atoms with E-state index in [2.05, 4.69) is 4.74 Å². The van der Waals surface area contributed by atoms with Gasteiger partial charge in [-0.3, -0.25) is 4.18 Å². The highest BCUT2D eigenvalue weighted by Crippen LogP contribution is 2.12. The molecule has 2 rings (SSSR count). The monoisotopic (exact) mass is 556 g/mol. The van der Waals surface area contributed by atoms with Gasteiger partial charge in [-0.15, -0.1) is 0 Å². The minimum Gasteiger partial charge on any atom is -0.394 e. The predicted molar refractivity (Wildman–Crippen MR) is 132 cm³/mol. The summed E-state index contributed by atoms with van der Waals surface area (Å²) in [5, 5.41) is 8.20. The molecule has 35 heavy (non-hydrogen) atoms. The Morgan fingerprint density at radius 1 is 0.657 bits per heavy atom. The van der Waals surface area contributed by atoms with Gasteiger partial charge in [0.1, 0.15) is 0 Å². The summed E-state index contributed by atoms with van der Waals surface area (Å²) in [6.07, 6.45) is 0. The number of rotatable bonds is 14. The van der Waals surface area contributed by atoms with Crippen molar-refractivity contribution in [1.82, 2.24) is 0 Å². The second kappa shape index (κ2) is 20.6. The minimum absolute atomic E-state index is 0.000934. The lowest BCUT2D eigenvalue weighted by Gasteiger charge is -2.06. The van der Waals surface area contributed by atoms with Crippen LogP contribution < -0.4 is 0 Å². The maximum Gasteiger partial charge on any atom is 0.297 e. The van der Waals surface area contributed by atoms with Crippen LogP contribution in [0.3, 0.4) is 0 Å². The van der Waals surface area contributed by atoms with Gasteiger partial charge in [-0.2, -0.15) is 8.42 Å². The first-order chi connectivity index (χ1) is 16.7. The van der Waals surface area contributed by atoms with Crippen molar-refractivity contribution in [2.45, 2.75) is 9.79 Å². The highest BCUT2D eigenvalue weighted by Gasteiger charge is 2.13. The third-order valence-corrected chi connectivity index (χ3v) is 6.32. The second-order valence-corrected chi connectivity index (χ2v) is 10.5. The molecule has 0 heterocycles. The maximum absolute atomic E-state index is 11.6. The molecule has 0 radical (unpaired) electrons. The Morgan fingerprint density at radius 2 is 1.09 bits per heavy atom. The average molecular weight is 557 g/mol. The van der Waals surface area contributed by atoms with Crippen LogP contribution in [-0.2, 0) is 42.3 Å². The number of hydrogen-bond acceptors (Lipinski definition) is 10. The third kappa shape index (κ3) is 18.3. The van der Waals surface area contributed by atoms with Crippen molar-refractivity contribution in [3.63, 3.8) is 0 Å². The van der Waals surface area contributed by atoms with Gasteiger partial charge in [-0.05, 0) is 24.3 Å². The summed E-state index contributed by atoms with van der Waals surface area (Å²) >= 11 is 0. The van der Waals surface area contributed by atoms with Gasteiger partial charge in [0.15, 0.2) is 0 Å². The van der Waals surface area contributed by atoms with E-state index in [-0.39, 0.29) is 29.6 Å². The van der Waals surface area contributed by atoms with Crippen molar-refractivity contribution in [3.8, 4) is 0 Å². The number of halogens is 1. The van der Waals surface area contributed by atoms with E-state index in [1.165, 1.54) is 24.3 Å². The van der Waals surface area contributed by atoms with Crippen molar-refractivity contribution in [2.75, 3.05) is 67.1 Å². The molecule has 0 atom stereocenters. The Hall–Kier alpha value is -1.61. The van der Waals surface area contributed by atoms with Crippen molar-refractivity contribution in [2.24, 2.45) is 0 Å². The van der Waals surface area contributed by atoms with Gasteiger partial charge >= 0.3 is 0 Å². The molecule has 13 heteroatoms. The molecule has 0 unspecified atom stereocenters. The molecule has 0 aliphatic rings. The van der Waals surface area contributed by atoms with Crippen LogP contribution in [0.1, 0.15) is 0 Å². The van der Waals surface area contributed by atoms with Gasteiger partial charge in [0, 0.05) is 24.9 Å². The molecule has 1 N–H and O–H groups in total. The fraction of sp³-hybridized carbons (Fsp3) is 0.455. The van der Waals surface area contributed by atoms with Crippen LogP contribution in [0.5, 0.6) is 0 Å². The largest absolute Gasteiger partial charge is 0.394 e. The summed E-state index contributed by atoms with van der Waals surface area (Å²) < 4.78 is 68.6. The molecular formula is C22H33ClO10S2. The molecule has 0 aliphatic carbocycles. The minimum atomic E-state index is -3.66. The van der Waals surface area contributed by atoms with E-state index in [9.17, 15) is 16.8 Å². The van der Waals surface area contributed by atoms with Gasteiger partial charge in [0.2, 0.25) is 0 Å². The number of ether oxygens (including phenoxy) is 4. The summed E-state index contributed by atoms with van der Waals surface area (Å²) in [4.78, 5) is 0.286. The molecule has 0 aromatic heterocycles. The molecule has 2 aromatic carbocycles. The van der Waals surface area contributed by atoms with Crippen LogP contribution in [0.4, 0.5) is 0 Å². The predicted octanol–water partition coefficient (Wildman–Crippen LogP) is 2.31. The van der Waals surface area contributed by atoms with E-state index >= 15 is 0 Å². The number of aliphatic hydroxyl groups excluding tert-OH is 1. The standard InChI is InChI=1S/C11H16O5S.C6H5ClO2S.C5H12O3/c1-14-7-8-15-9-10-16-17(12,13)11-5-3-2-4-6-11;7-10(8,9)6-4-2-1-3-5-6;1-7-4-5-8-3-2-6/h2-6H,7-10H2,1H3;1-5H;6H,2-5H2,1H3. The first-order valence-corrected chi connectivity index (χ1v) is 14.1. The smallest absolute Gasteiger partial charge is 0.297 e. The lowest BCUT2D eigenvalue weighted by molar-refractivity contribution is 0.0500. The van der Waals surface area contributed by atoms with Crippen LogP contribution in [0.15, 0.2) is 70.5 Å². The molecule has 0 saturated carbocycles. The van der Waals surface area contributed by atoms with Crippen molar-refractivity contribution in [3.05, 3.63) is 60.7 Å². The van der Waals surface area contributed by atoms with Crippen molar-refractivity contribution in [1.29, 1.82) is 0 Å². The van der Waals surface area contributed by atoms with Crippen molar-refractivity contribution >= 4 is 29.9 Å². The first-order valence-electron chi connectivity index (χ1n) is 10.4. The molecule has 0 saturated heterocycles. The lowest BCUT2D eigenvalue weighted by Crippen LogP contribution is -2.13. The molecule has 2 aromatic rings. The normalized spacial score (nSPS) is 11.1. The Bertz CT molecular complexity index is 950. The molecule has 0 fully saturated rings. The molecular weight excluding hydrogens is 524 g/mol. The molecule has 0 bridgehead atoms. The summed E-state index contributed by atoms with van der Waals surface area (Å²) in [6.45, 7) is 2.77.